The van der Waals surface area contributed by atoms with Crippen LogP contribution in [-0.4, -0.2) is 4.57 Å². The molecule has 9 rings (SSSR count). The molecule has 0 amide bonds. The van der Waals surface area contributed by atoms with E-state index in [1.807, 2.05) is 12.1 Å². The molecule has 9 aromatic rings. The summed E-state index contributed by atoms with van der Waals surface area (Å²) >= 11 is 0. The van der Waals surface area contributed by atoms with E-state index in [0.29, 0.717) is 0 Å². The van der Waals surface area contributed by atoms with Crippen LogP contribution in [0.1, 0.15) is 0 Å². The molecule has 182 valence electrons. The minimum absolute atomic E-state index is 0.881. The number of hydrogen-bond donors (Lipinski definition) is 0. The second kappa shape index (κ2) is 7.62. The predicted octanol–water partition coefficient (Wildman–Crippen LogP) is 10.2. The monoisotopic (exact) mass is 499 g/mol. The molecule has 0 N–H and O–H groups in total. The molecule has 0 aliphatic carbocycles. The Balaban J connectivity index is 1.40. The number of hydrogen-bond acceptors (Lipinski definition) is 2. The van der Waals surface area contributed by atoms with Crippen molar-refractivity contribution in [2.45, 2.75) is 0 Å². The zero-order chi connectivity index (χ0) is 25.5. The zero-order valence-electron chi connectivity index (χ0n) is 20.9. The first-order valence-electron chi connectivity index (χ1n) is 13.2. The lowest BCUT2D eigenvalue weighted by atomic mass is 9.97. The molecule has 0 aliphatic rings. The molecule has 0 spiro atoms. The highest BCUT2D eigenvalue weighted by atomic mass is 16.3. The summed E-state index contributed by atoms with van der Waals surface area (Å²) in [5, 5.41) is 6.98. The van der Waals surface area contributed by atoms with Gasteiger partial charge in [-0.1, -0.05) is 78.9 Å². The van der Waals surface area contributed by atoms with Crippen LogP contribution in [0, 0.1) is 0 Å². The van der Waals surface area contributed by atoms with Crippen molar-refractivity contribution in [2.24, 2.45) is 0 Å². The predicted molar refractivity (Wildman–Crippen MR) is 161 cm³/mol. The summed E-state index contributed by atoms with van der Waals surface area (Å²) in [5.74, 6) is 0. The summed E-state index contributed by atoms with van der Waals surface area (Å²) in [7, 11) is 0. The molecular weight excluding hydrogens is 478 g/mol. The molecule has 0 bridgehead atoms. The Hall–Kier alpha value is -5.28. The highest BCUT2D eigenvalue weighted by Crippen LogP contribution is 2.43. The average molecular weight is 500 g/mol. The van der Waals surface area contributed by atoms with Crippen molar-refractivity contribution in [2.75, 3.05) is 0 Å². The van der Waals surface area contributed by atoms with Crippen LogP contribution in [0.25, 0.3) is 82.5 Å². The van der Waals surface area contributed by atoms with E-state index in [4.69, 9.17) is 8.83 Å². The van der Waals surface area contributed by atoms with Crippen LogP contribution >= 0.6 is 0 Å². The maximum atomic E-state index is 6.49. The maximum absolute atomic E-state index is 6.49. The van der Waals surface area contributed by atoms with Crippen molar-refractivity contribution in [3.8, 4) is 16.8 Å². The molecule has 3 aromatic heterocycles. The van der Waals surface area contributed by atoms with Gasteiger partial charge in [-0.15, -0.1) is 0 Å². The van der Waals surface area contributed by atoms with Gasteiger partial charge in [-0.25, -0.2) is 0 Å². The van der Waals surface area contributed by atoms with Gasteiger partial charge in [0, 0.05) is 26.9 Å². The molecule has 0 radical (unpaired) electrons. The fraction of sp³-hybridized carbons (Fsp3) is 0. The van der Waals surface area contributed by atoms with Crippen LogP contribution in [0.5, 0.6) is 0 Å². The van der Waals surface area contributed by atoms with E-state index in [2.05, 4.69) is 120 Å². The van der Waals surface area contributed by atoms with Gasteiger partial charge in [0.25, 0.3) is 0 Å². The van der Waals surface area contributed by atoms with Gasteiger partial charge in [-0.2, -0.15) is 0 Å². The Bertz CT molecular complexity index is 2350. The van der Waals surface area contributed by atoms with Crippen LogP contribution in [0.15, 0.2) is 136 Å². The average Bonchev–Trinajstić information content (AvgIpc) is 3.66. The van der Waals surface area contributed by atoms with Crippen molar-refractivity contribution in [1.29, 1.82) is 0 Å². The summed E-state index contributed by atoms with van der Waals surface area (Å²) in [6, 6.07) is 44.7. The number of para-hydroxylation sites is 3. The Morgan fingerprint density at radius 3 is 1.79 bits per heavy atom. The van der Waals surface area contributed by atoms with Gasteiger partial charge in [0.15, 0.2) is 0 Å². The van der Waals surface area contributed by atoms with E-state index >= 15 is 0 Å². The van der Waals surface area contributed by atoms with Gasteiger partial charge in [0.05, 0.1) is 22.1 Å². The second-order valence-corrected chi connectivity index (χ2v) is 10.1. The summed E-state index contributed by atoms with van der Waals surface area (Å²) in [4.78, 5) is 0. The molecule has 0 saturated heterocycles. The van der Waals surface area contributed by atoms with E-state index in [1.165, 1.54) is 21.8 Å². The quantitative estimate of drug-likeness (QED) is 0.237. The normalized spacial score (nSPS) is 12.1. The molecule has 0 atom stereocenters. The lowest BCUT2D eigenvalue weighted by Crippen LogP contribution is -1.94. The van der Waals surface area contributed by atoms with E-state index < -0.39 is 0 Å². The van der Waals surface area contributed by atoms with Crippen molar-refractivity contribution in [3.63, 3.8) is 0 Å². The first-order chi connectivity index (χ1) is 19.3. The molecule has 0 fully saturated rings. The lowest BCUT2D eigenvalue weighted by Gasteiger charge is -2.11. The van der Waals surface area contributed by atoms with Crippen LogP contribution in [0.4, 0.5) is 0 Å². The molecule has 3 nitrogen and oxygen atoms in total. The summed E-state index contributed by atoms with van der Waals surface area (Å²) in [6.07, 6.45) is 0. The highest BCUT2D eigenvalue weighted by Gasteiger charge is 2.20. The molecule has 3 heteroatoms. The van der Waals surface area contributed by atoms with E-state index in [1.54, 1.807) is 0 Å². The SMILES string of the molecule is c1ccc2c(c1)oc1ccc(-c3cccc4oc5cccc(-n6c7ccccc7c7ccccc76)c5c34)cc12. The number of rotatable bonds is 2. The minimum atomic E-state index is 0.881. The molecule has 0 saturated carbocycles. The smallest absolute Gasteiger partial charge is 0.137 e. The molecule has 3 heterocycles. The van der Waals surface area contributed by atoms with Gasteiger partial charge in [-0.3, -0.25) is 0 Å². The number of nitrogens with zero attached hydrogens (tertiary/aromatic N) is 1. The first kappa shape index (κ1) is 20.7. The topological polar surface area (TPSA) is 31.2 Å². The summed E-state index contributed by atoms with van der Waals surface area (Å²) in [5.41, 5.74) is 9.34. The van der Waals surface area contributed by atoms with Crippen LogP contribution in [0.2, 0.25) is 0 Å². The Morgan fingerprint density at radius 2 is 1.00 bits per heavy atom. The van der Waals surface area contributed by atoms with E-state index in [-0.39, 0.29) is 0 Å². The first-order valence-corrected chi connectivity index (χ1v) is 13.2. The molecule has 0 unspecified atom stereocenters. The number of benzene rings is 6. The van der Waals surface area contributed by atoms with Gasteiger partial charge in [0.1, 0.15) is 22.3 Å². The fourth-order valence-corrected chi connectivity index (χ4v) is 6.35. The van der Waals surface area contributed by atoms with Crippen molar-refractivity contribution < 1.29 is 8.83 Å². The van der Waals surface area contributed by atoms with Gasteiger partial charge in [-0.05, 0) is 59.7 Å². The third kappa shape index (κ3) is 2.82. The second-order valence-electron chi connectivity index (χ2n) is 10.1. The fourth-order valence-electron chi connectivity index (χ4n) is 6.35. The standard InChI is InChI=1S/C36H21NO2/c1-4-13-28-24(9-1)25-10-2-5-14-29(25)37(28)30-15-8-18-34-36(30)35-23(12-7-17-33(35)39-34)22-19-20-32-27(21-22)26-11-3-6-16-31(26)38-32/h1-21H. The Morgan fingerprint density at radius 1 is 0.410 bits per heavy atom. The van der Waals surface area contributed by atoms with Gasteiger partial charge < -0.3 is 13.4 Å². The summed E-state index contributed by atoms with van der Waals surface area (Å²) < 4.78 is 15.0. The lowest BCUT2D eigenvalue weighted by molar-refractivity contribution is 0.668. The number of aromatic nitrogens is 1. The zero-order valence-corrected chi connectivity index (χ0v) is 20.9. The van der Waals surface area contributed by atoms with Crippen LogP contribution in [0.3, 0.4) is 0 Å². The third-order valence-corrected chi connectivity index (χ3v) is 8.01. The molecule has 6 aromatic carbocycles. The third-order valence-electron chi connectivity index (χ3n) is 8.01. The highest BCUT2D eigenvalue weighted by molar-refractivity contribution is 6.18. The van der Waals surface area contributed by atoms with Gasteiger partial charge >= 0.3 is 0 Å². The molecule has 39 heavy (non-hydrogen) atoms. The van der Waals surface area contributed by atoms with Crippen LogP contribution < -0.4 is 0 Å². The molecular formula is C36H21NO2. The Kier molecular flexibility index (Phi) is 4.05. The van der Waals surface area contributed by atoms with Crippen LogP contribution in [-0.2, 0) is 0 Å². The minimum Gasteiger partial charge on any atom is -0.456 e. The Labute approximate surface area is 223 Å². The molecule has 0 aliphatic heterocycles. The summed E-state index contributed by atoms with van der Waals surface area (Å²) in [6.45, 7) is 0. The maximum Gasteiger partial charge on any atom is 0.137 e. The van der Waals surface area contributed by atoms with Gasteiger partial charge in [0.2, 0.25) is 0 Å². The van der Waals surface area contributed by atoms with Crippen molar-refractivity contribution in [3.05, 3.63) is 127 Å². The van der Waals surface area contributed by atoms with Crippen molar-refractivity contribution in [1.82, 2.24) is 4.57 Å². The van der Waals surface area contributed by atoms with E-state index in [0.717, 1.165) is 60.7 Å². The number of fused-ring (bicyclic) bond motifs is 9. The van der Waals surface area contributed by atoms with Crippen molar-refractivity contribution >= 4 is 65.7 Å². The number of furan rings is 2. The largest absolute Gasteiger partial charge is 0.456 e. The van der Waals surface area contributed by atoms with E-state index in [9.17, 15) is 0 Å².